The quantitative estimate of drug-likeness (QED) is 0.748. The average molecular weight is 302 g/mol. The van der Waals surface area contributed by atoms with E-state index >= 15 is 0 Å². The van der Waals surface area contributed by atoms with Gasteiger partial charge in [-0.1, -0.05) is 36.2 Å². The van der Waals surface area contributed by atoms with E-state index in [4.69, 9.17) is 23.2 Å². The summed E-state index contributed by atoms with van der Waals surface area (Å²) < 4.78 is 0. The molecule has 1 unspecified atom stereocenters. The zero-order valence-corrected chi connectivity index (χ0v) is 13.9. The van der Waals surface area contributed by atoms with Crippen molar-refractivity contribution in [2.24, 2.45) is 5.92 Å². The number of aryl methyl sites for hydroxylation is 1. The fraction of sp³-hybridized carbons (Fsp3) is 0.625. The Labute approximate surface area is 127 Å². The molecule has 1 atom stereocenters. The molecule has 1 aromatic carbocycles. The number of hydrogen-bond donors (Lipinski definition) is 1. The predicted molar refractivity (Wildman–Crippen MR) is 86.3 cm³/mol. The molecule has 0 aromatic heterocycles. The van der Waals surface area contributed by atoms with Crippen molar-refractivity contribution in [2.75, 3.05) is 6.54 Å². The molecule has 0 saturated carbocycles. The highest BCUT2D eigenvalue weighted by Gasteiger charge is 2.09. The lowest BCUT2D eigenvalue weighted by Crippen LogP contribution is -2.36. The SMILES string of the molecule is CC(CCNC(C)(C)C)CCc1ccc(Cl)c(Cl)c1. The van der Waals surface area contributed by atoms with Crippen molar-refractivity contribution in [3.8, 4) is 0 Å². The lowest BCUT2D eigenvalue weighted by molar-refractivity contribution is 0.386. The number of nitrogens with one attached hydrogen (secondary N) is 1. The molecule has 19 heavy (non-hydrogen) atoms. The molecule has 1 N–H and O–H groups in total. The van der Waals surface area contributed by atoms with Crippen LogP contribution in [0.4, 0.5) is 0 Å². The van der Waals surface area contributed by atoms with E-state index in [1.54, 1.807) is 0 Å². The van der Waals surface area contributed by atoms with Gasteiger partial charge in [0, 0.05) is 5.54 Å². The van der Waals surface area contributed by atoms with Crippen molar-refractivity contribution >= 4 is 23.2 Å². The Morgan fingerprint density at radius 1 is 1.11 bits per heavy atom. The summed E-state index contributed by atoms with van der Waals surface area (Å²) in [5.74, 6) is 0.712. The molecule has 108 valence electrons. The van der Waals surface area contributed by atoms with E-state index in [0.717, 1.165) is 13.0 Å². The van der Waals surface area contributed by atoms with Gasteiger partial charge in [0.25, 0.3) is 0 Å². The lowest BCUT2D eigenvalue weighted by atomic mass is 9.97. The third kappa shape index (κ3) is 7.20. The highest BCUT2D eigenvalue weighted by molar-refractivity contribution is 6.42. The Balaban J connectivity index is 2.29. The van der Waals surface area contributed by atoms with Gasteiger partial charge >= 0.3 is 0 Å². The number of halogens is 2. The van der Waals surface area contributed by atoms with Crippen LogP contribution in [-0.4, -0.2) is 12.1 Å². The van der Waals surface area contributed by atoms with Gasteiger partial charge in [-0.2, -0.15) is 0 Å². The molecular weight excluding hydrogens is 277 g/mol. The molecule has 0 fully saturated rings. The van der Waals surface area contributed by atoms with Crippen LogP contribution >= 0.6 is 23.2 Å². The van der Waals surface area contributed by atoms with Crippen molar-refractivity contribution in [1.29, 1.82) is 0 Å². The monoisotopic (exact) mass is 301 g/mol. The van der Waals surface area contributed by atoms with E-state index in [9.17, 15) is 0 Å². The van der Waals surface area contributed by atoms with Crippen LogP contribution in [0.3, 0.4) is 0 Å². The topological polar surface area (TPSA) is 12.0 Å². The van der Waals surface area contributed by atoms with Crippen molar-refractivity contribution < 1.29 is 0 Å². The summed E-state index contributed by atoms with van der Waals surface area (Å²) >= 11 is 11.9. The molecule has 0 spiro atoms. The zero-order chi connectivity index (χ0) is 14.5. The Morgan fingerprint density at radius 2 is 1.79 bits per heavy atom. The molecule has 0 heterocycles. The first-order chi connectivity index (χ1) is 8.78. The first-order valence-corrected chi connectivity index (χ1v) is 7.72. The van der Waals surface area contributed by atoms with E-state index in [1.165, 1.54) is 18.4 Å². The lowest BCUT2D eigenvalue weighted by Gasteiger charge is -2.22. The maximum absolute atomic E-state index is 6.02. The van der Waals surface area contributed by atoms with Gasteiger partial charge < -0.3 is 5.32 Å². The third-order valence-corrected chi connectivity index (χ3v) is 3.94. The van der Waals surface area contributed by atoms with Crippen LogP contribution < -0.4 is 5.32 Å². The second kappa shape index (κ2) is 7.52. The molecule has 0 bridgehead atoms. The Morgan fingerprint density at radius 3 is 2.37 bits per heavy atom. The highest BCUT2D eigenvalue weighted by Crippen LogP contribution is 2.24. The predicted octanol–water partition coefficient (Wildman–Crippen LogP) is 5.34. The number of benzene rings is 1. The van der Waals surface area contributed by atoms with E-state index in [0.29, 0.717) is 16.0 Å². The van der Waals surface area contributed by atoms with Crippen LogP contribution in [0.25, 0.3) is 0 Å². The molecule has 1 aromatic rings. The van der Waals surface area contributed by atoms with Crippen molar-refractivity contribution in [3.05, 3.63) is 33.8 Å². The molecule has 0 amide bonds. The van der Waals surface area contributed by atoms with Crippen LogP contribution in [0.2, 0.25) is 10.0 Å². The average Bonchev–Trinajstić information content (AvgIpc) is 2.29. The van der Waals surface area contributed by atoms with Gasteiger partial charge in [0.05, 0.1) is 10.0 Å². The molecule has 1 rings (SSSR count). The van der Waals surface area contributed by atoms with Crippen molar-refractivity contribution in [3.63, 3.8) is 0 Å². The molecule has 0 radical (unpaired) electrons. The van der Waals surface area contributed by atoms with Gasteiger partial charge in [-0.3, -0.25) is 0 Å². The first kappa shape index (κ1) is 16.8. The van der Waals surface area contributed by atoms with Crippen LogP contribution in [0.15, 0.2) is 18.2 Å². The zero-order valence-electron chi connectivity index (χ0n) is 12.4. The van der Waals surface area contributed by atoms with Gasteiger partial charge in [0.1, 0.15) is 0 Å². The summed E-state index contributed by atoms with van der Waals surface area (Å²) in [6.45, 7) is 9.99. The second-order valence-corrected chi connectivity index (χ2v) is 7.17. The smallest absolute Gasteiger partial charge is 0.0595 e. The molecule has 0 aliphatic rings. The largest absolute Gasteiger partial charge is 0.312 e. The minimum atomic E-state index is 0.212. The fourth-order valence-corrected chi connectivity index (χ4v) is 2.27. The fourth-order valence-electron chi connectivity index (χ4n) is 1.95. The van der Waals surface area contributed by atoms with Gasteiger partial charge in [0.15, 0.2) is 0 Å². The van der Waals surface area contributed by atoms with Crippen LogP contribution in [-0.2, 0) is 6.42 Å². The summed E-state index contributed by atoms with van der Waals surface area (Å²) in [5, 5.41) is 4.82. The van der Waals surface area contributed by atoms with E-state index in [1.807, 2.05) is 12.1 Å². The molecule has 0 saturated heterocycles. The number of rotatable bonds is 6. The second-order valence-electron chi connectivity index (χ2n) is 6.36. The minimum absolute atomic E-state index is 0.212. The maximum Gasteiger partial charge on any atom is 0.0595 e. The Kier molecular flexibility index (Phi) is 6.65. The van der Waals surface area contributed by atoms with Crippen LogP contribution in [0.5, 0.6) is 0 Å². The molecular formula is C16H25Cl2N. The Hall–Kier alpha value is -0.240. The molecule has 0 aliphatic heterocycles. The summed E-state index contributed by atoms with van der Waals surface area (Å²) in [6.07, 6.45) is 3.45. The van der Waals surface area contributed by atoms with Crippen molar-refractivity contribution in [1.82, 2.24) is 5.32 Å². The van der Waals surface area contributed by atoms with Crippen LogP contribution in [0.1, 0.15) is 46.1 Å². The summed E-state index contributed by atoms with van der Waals surface area (Å²) in [5.41, 5.74) is 1.48. The molecule has 1 nitrogen and oxygen atoms in total. The van der Waals surface area contributed by atoms with Gasteiger partial charge in [-0.05, 0) is 70.2 Å². The Bertz CT molecular complexity index is 396. The molecule has 3 heteroatoms. The summed E-state index contributed by atoms with van der Waals surface area (Å²) in [6, 6.07) is 5.92. The number of hydrogen-bond acceptors (Lipinski definition) is 1. The molecule has 0 aliphatic carbocycles. The summed E-state index contributed by atoms with van der Waals surface area (Å²) in [7, 11) is 0. The van der Waals surface area contributed by atoms with Gasteiger partial charge in [0.2, 0.25) is 0 Å². The van der Waals surface area contributed by atoms with Crippen LogP contribution in [0, 0.1) is 5.92 Å². The normalized spacial score (nSPS) is 13.6. The minimum Gasteiger partial charge on any atom is -0.312 e. The third-order valence-electron chi connectivity index (χ3n) is 3.20. The standard InChI is InChI=1S/C16H25Cl2N/c1-12(9-10-19-16(2,3)4)5-6-13-7-8-14(17)15(18)11-13/h7-8,11-12,19H,5-6,9-10H2,1-4H3. The van der Waals surface area contributed by atoms with E-state index in [-0.39, 0.29) is 5.54 Å². The first-order valence-electron chi connectivity index (χ1n) is 6.97. The van der Waals surface area contributed by atoms with E-state index < -0.39 is 0 Å². The summed E-state index contributed by atoms with van der Waals surface area (Å²) in [4.78, 5) is 0. The maximum atomic E-state index is 6.02. The van der Waals surface area contributed by atoms with Gasteiger partial charge in [-0.15, -0.1) is 0 Å². The van der Waals surface area contributed by atoms with Gasteiger partial charge in [-0.25, -0.2) is 0 Å². The highest BCUT2D eigenvalue weighted by atomic mass is 35.5. The van der Waals surface area contributed by atoms with Crippen molar-refractivity contribution in [2.45, 2.75) is 52.5 Å². The van der Waals surface area contributed by atoms with E-state index in [2.05, 4.69) is 39.1 Å².